The lowest BCUT2D eigenvalue weighted by Crippen LogP contribution is -2.46. The van der Waals surface area contributed by atoms with Crippen molar-refractivity contribution in [3.8, 4) is 0 Å². The Morgan fingerprint density at radius 2 is 1.83 bits per heavy atom. The maximum atomic E-state index is 13.4. The third-order valence-electron chi connectivity index (χ3n) is 6.41. The van der Waals surface area contributed by atoms with Crippen molar-refractivity contribution in [3.05, 3.63) is 35.3 Å². The van der Waals surface area contributed by atoms with Crippen LogP contribution in [0.25, 0.3) is 0 Å². The molecule has 0 bridgehead atoms. The Labute approximate surface area is 206 Å². The lowest BCUT2D eigenvalue weighted by atomic mass is 9.85. The second-order valence-electron chi connectivity index (χ2n) is 9.25. The number of rotatable bonds is 9. The van der Waals surface area contributed by atoms with Gasteiger partial charge in [-0.3, -0.25) is 24.2 Å². The maximum absolute atomic E-state index is 13.4. The van der Waals surface area contributed by atoms with Gasteiger partial charge in [-0.25, -0.2) is 4.39 Å². The van der Waals surface area contributed by atoms with Crippen molar-refractivity contribution in [1.82, 2.24) is 20.4 Å². The zero-order valence-corrected chi connectivity index (χ0v) is 20.9. The molecule has 1 fully saturated rings. The summed E-state index contributed by atoms with van der Waals surface area (Å²) in [6.07, 6.45) is 10.2. The molecule has 0 aliphatic heterocycles. The maximum Gasteiger partial charge on any atom is 0.312 e. The van der Waals surface area contributed by atoms with Gasteiger partial charge in [0.15, 0.2) is 0 Å². The molecule has 10 heteroatoms. The molecule has 35 heavy (non-hydrogen) atoms. The van der Waals surface area contributed by atoms with Crippen LogP contribution in [-0.2, 0) is 19.2 Å². The largest absolute Gasteiger partial charge is 0.350 e. The lowest BCUT2D eigenvalue weighted by molar-refractivity contribution is -0.151. The molecule has 1 unspecified atom stereocenters. The highest BCUT2D eigenvalue weighted by Gasteiger charge is 2.30. The Kier molecular flexibility index (Phi) is 10.8. The van der Waals surface area contributed by atoms with E-state index in [9.17, 15) is 23.6 Å². The fraction of sp³-hybridized carbons (Fsp3) is 0.560. The van der Waals surface area contributed by atoms with Gasteiger partial charge in [-0.2, -0.15) is 0 Å². The van der Waals surface area contributed by atoms with E-state index in [-0.39, 0.29) is 23.5 Å². The average molecular weight is 490 g/mol. The second-order valence-corrected chi connectivity index (χ2v) is 9.25. The molecule has 3 amide bonds. The molecule has 0 aromatic rings. The molecule has 0 heterocycles. The van der Waals surface area contributed by atoms with Crippen LogP contribution >= 0.6 is 0 Å². The van der Waals surface area contributed by atoms with E-state index in [1.807, 2.05) is 0 Å². The summed E-state index contributed by atoms with van der Waals surface area (Å²) in [6.45, 7) is 2.56. The molecule has 2 rings (SSSR count). The molecule has 2 N–H and O–H groups in total. The Bertz CT molecular complexity index is 917. The minimum atomic E-state index is -0.524. The van der Waals surface area contributed by atoms with Crippen molar-refractivity contribution < 1.29 is 23.6 Å². The number of aliphatic imine (C=N–C) groups is 1. The number of nitrogens with zero attached hydrogens (tertiary/aromatic N) is 3. The first-order valence-corrected chi connectivity index (χ1v) is 11.8. The molecular weight excluding hydrogens is 453 g/mol. The summed E-state index contributed by atoms with van der Waals surface area (Å²) in [6, 6.07) is 0.0327. The Morgan fingerprint density at radius 3 is 2.43 bits per heavy atom. The van der Waals surface area contributed by atoms with Crippen molar-refractivity contribution in [2.75, 3.05) is 34.2 Å². The molecule has 1 atom stereocenters. The van der Waals surface area contributed by atoms with Crippen LogP contribution in [0.15, 0.2) is 40.3 Å². The van der Waals surface area contributed by atoms with Crippen LogP contribution in [0.4, 0.5) is 4.39 Å². The van der Waals surface area contributed by atoms with Gasteiger partial charge in [0.05, 0.1) is 6.34 Å². The van der Waals surface area contributed by atoms with Gasteiger partial charge >= 0.3 is 11.8 Å². The normalized spacial score (nSPS) is 22.7. The number of carbonyl (C=O) groups is 4. The van der Waals surface area contributed by atoms with Crippen molar-refractivity contribution in [1.29, 1.82) is 0 Å². The summed E-state index contributed by atoms with van der Waals surface area (Å²) in [5.74, 6) is -1.36. The molecule has 2 aliphatic carbocycles. The number of carbonyl (C=O) groups excluding carboxylic acids is 4. The van der Waals surface area contributed by atoms with Crippen molar-refractivity contribution in [2.24, 2.45) is 16.8 Å². The number of aldehydes is 1. The van der Waals surface area contributed by atoms with Crippen LogP contribution in [0.1, 0.15) is 39.0 Å². The van der Waals surface area contributed by atoms with Crippen LogP contribution in [-0.4, -0.2) is 80.4 Å². The van der Waals surface area contributed by atoms with Gasteiger partial charge < -0.3 is 20.4 Å². The van der Waals surface area contributed by atoms with Crippen molar-refractivity contribution in [2.45, 2.75) is 45.1 Å². The van der Waals surface area contributed by atoms with E-state index in [2.05, 4.69) is 15.6 Å². The molecule has 1 saturated carbocycles. The summed E-state index contributed by atoms with van der Waals surface area (Å²) >= 11 is 0. The SMILES string of the molecule is CC1=CC(CNC(=O)/C(=C/C=O)NC=NCC2CCC(N(C)C(=O)C(=O)N(C)C)CC2)CC=C1F. The first-order chi connectivity index (χ1) is 16.6. The number of halogens is 1. The summed E-state index contributed by atoms with van der Waals surface area (Å²) in [5.41, 5.74) is 0.634. The van der Waals surface area contributed by atoms with E-state index in [4.69, 9.17) is 0 Å². The molecule has 0 saturated heterocycles. The van der Waals surface area contributed by atoms with E-state index in [0.717, 1.165) is 31.8 Å². The van der Waals surface area contributed by atoms with E-state index in [1.165, 1.54) is 22.2 Å². The monoisotopic (exact) mass is 489 g/mol. The molecule has 2 aliphatic rings. The first kappa shape index (κ1) is 27.9. The molecule has 0 aromatic carbocycles. The predicted octanol–water partition coefficient (Wildman–Crippen LogP) is 1.73. The van der Waals surface area contributed by atoms with E-state index < -0.39 is 17.7 Å². The van der Waals surface area contributed by atoms with E-state index in [1.54, 1.807) is 34.1 Å². The van der Waals surface area contributed by atoms with Crippen LogP contribution in [0.3, 0.4) is 0 Å². The van der Waals surface area contributed by atoms with Gasteiger partial charge in [0.2, 0.25) is 0 Å². The smallest absolute Gasteiger partial charge is 0.312 e. The van der Waals surface area contributed by atoms with Crippen LogP contribution in [0.2, 0.25) is 0 Å². The van der Waals surface area contributed by atoms with Crippen molar-refractivity contribution in [3.63, 3.8) is 0 Å². The lowest BCUT2D eigenvalue weighted by Gasteiger charge is -2.34. The number of allylic oxidation sites excluding steroid dienone is 4. The van der Waals surface area contributed by atoms with Gasteiger partial charge in [-0.15, -0.1) is 0 Å². The molecule has 0 radical (unpaired) electrons. The van der Waals surface area contributed by atoms with Gasteiger partial charge in [0.1, 0.15) is 17.8 Å². The van der Waals surface area contributed by atoms with E-state index in [0.29, 0.717) is 37.3 Å². The van der Waals surface area contributed by atoms with Gasteiger partial charge in [0.25, 0.3) is 5.91 Å². The first-order valence-electron chi connectivity index (χ1n) is 11.8. The summed E-state index contributed by atoms with van der Waals surface area (Å²) in [5, 5.41) is 5.53. The fourth-order valence-electron chi connectivity index (χ4n) is 4.18. The standard InChI is InChI=1S/C25H36FN5O4/c1-17-13-19(7-10-21(17)26)15-28-23(33)22(11-12-32)29-16-27-14-18-5-8-20(9-6-18)31(4)25(35)24(34)30(2)3/h10-13,16,18-20H,5-9,14-15H2,1-4H3,(H,27,29)(H,28,33)/b22-11-. The van der Waals surface area contributed by atoms with Crippen LogP contribution in [0, 0.1) is 11.8 Å². The number of hydrogen-bond acceptors (Lipinski definition) is 5. The Balaban J connectivity index is 1.75. The van der Waals surface area contributed by atoms with Crippen LogP contribution in [0.5, 0.6) is 0 Å². The molecule has 0 aromatic heterocycles. The summed E-state index contributed by atoms with van der Waals surface area (Å²) in [7, 11) is 4.79. The Morgan fingerprint density at radius 1 is 1.14 bits per heavy atom. The highest BCUT2D eigenvalue weighted by Crippen LogP contribution is 2.27. The van der Waals surface area contributed by atoms with Crippen molar-refractivity contribution >= 4 is 30.3 Å². The highest BCUT2D eigenvalue weighted by atomic mass is 19.1. The average Bonchev–Trinajstić information content (AvgIpc) is 2.85. The Hall–Kier alpha value is -3.30. The third kappa shape index (κ3) is 8.45. The highest BCUT2D eigenvalue weighted by molar-refractivity contribution is 6.34. The second kappa shape index (κ2) is 13.6. The number of hydrogen-bond donors (Lipinski definition) is 2. The number of likely N-dealkylation sites (N-methyl/N-ethyl adjacent to an activating group) is 2. The fourth-order valence-corrected chi connectivity index (χ4v) is 4.18. The minimum absolute atomic E-state index is 0.00457. The van der Waals surface area contributed by atoms with Gasteiger partial charge in [-0.1, -0.05) is 6.08 Å². The van der Waals surface area contributed by atoms with E-state index >= 15 is 0 Å². The molecule has 0 spiro atoms. The van der Waals surface area contributed by atoms with Gasteiger partial charge in [-0.05, 0) is 62.5 Å². The summed E-state index contributed by atoms with van der Waals surface area (Å²) < 4.78 is 13.4. The zero-order valence-electron chi connectivity index (χ0n) is 20.9. The molecule has 192 valence electrons. The predicted molar refractivity (Wildman–Crippen MR) is 132 cm³/mol. The molecule has 9 nitrogen and oxygen atoms in total. The summed E-state index contributed by atoms with van der Waals surface area (Å²) in [4.78, 5) is 54.7. The number of amides is 3. The topological polar surface area (TPSA) is 111 Å². The zero-order chi connectivity index (χ0) is 26.0. The quantitative estimate of drug-likeness (QED) is 0.168. The van der Waals surface area contributed by atoms with Gasteiger partial charge in [0, 0.05) is 46.4 Å². The minimum Gasteiger partial charge on any atom is -0.350 e. The molecular formula is C25H36FN5O4. The number of nitrogens with one attached hydrogen (secondary N) is 2. The third-order valence-corrected chi connectivity index (χ3v) is 6.41. The van der Waals surface area contributed by atoms with Crippen LogP contribution < -0.4 is 10.6 Å².